The van der Waals surface area contributed by atoms with Crippen LogP contribution in [-0.4, -0.2) is 53.8 Å². The van der Waals surface area contributed by atoms with Gasteiger partial charge in [0.2, 0.25) is 0 Å². The van der Waals surface area contributed by atoms with Gasteiger partial charge in [0.25, 0.3) is 17.7 Å². The van der Waals surface area contributed by atoms with E-state index in [1.807, 2.05) is 0 Å². The predicted molar refractivity (Wildman–Crippen MR) is 99.8 cm³/mol. The maximum absolute atomic E-state index is 12.8. The molecule has 0 bridgehead atoms. The Hall–Kier alpha value is -2.91. The van der Waals surface area contributed by atoms with Crippen molar-refractivity contribution >= 4 is 23.6 Å². The molecular formula is C20H22F3N3O4. The van der Waals surface area contributed by atoms with Crippen LogP contribution in [0.4, 0.5) is 13.2 Å². The molecule has 10 heteroatoms. The van der Waals surface area contributed by atoms with Crippen molar-refractivity contribution in [2.75, 3.05) is 13.1 Å². The number of carbonyl (C=O) groups is 4. The highest BCUT2D eigenvalue weighted by atomic mass is 19.4. The molecule has 3 rings (SSSR count). The molecule has 1 aliphatic carbocycles. The van der Waals surface area contributed by atoms with Gasteiger partial charge >= 0.3 is 12.1 Å². The van der Waals surface area contributed by atoms with Gasteiger partial charge in [-0.3, -0.25) is 24.1 Å². The SMILES string of the molecule is O=C(NCCCNC(=O)C(F)(F)F)c1ccc2c(c1)C(=O)N(C1CCCCC1)C2=O. The number of fused-ring (bicyclic) bond motifs is 1. The van der Waals surface area contributed by atoms with Gasteiger partial charge < -0.3 is 10.6 Å². The first kappa shape index (κ1) is 21.8. The van der Waals surface area contributed by atoms with Gasteiger partial charge in [0.1, 0.15) is 0 Å². The predicted octanol–water partition coefficient (Wildman–Crippen LogP) is 2.41. The van der Waals surface area contributed by atoms with Crippen molar-refractivity contribution in [3.63, 3.8) is 0 Å². The van der Waals surface area contributed by atoms with E-state index < -0.39 is 23.9 Å². The number of benzene rings is 1. The van der Waals surface area contributed by atoms with E-state index in [9.17, 15) is 32.3 Å². The third-order valence-electron chi connectivity index (χ3n) is 5.30. The normalized spacial score (nSPS) is 17.1. The van der Waals surface area contributed by atoms with Gasteiger partial charge in [-0.2, -0.15) is 13.2 Å². The molecule has 1 aromatic rings. The monoisotopic (exact) mass is 425 g/mol. The molecule has 1 aliphatic heterocycles. The van der Waals surface area contributed by atoms with Gasteiger partial charge in [-0.1, -0.05) is 19.3 Å². The molecule has 1 fully saturated rings. The molecule has 1 heterocycles. The molecule has 0 radical (unpaired) electrons. The third-order valence-corrected chi connectivity index (χ3v) is 5.30. The lowest BCUT2D eigenvalue weighted by atomic mass is 9.94. The Morgan fingerprint density at radius 2 is 1.60 bits per heavy atom. The van der Waals surface area contributed by atoms with Crippen LogP contribution in [0.1, 0.15) is 69.6 Å². The topological polar surface area (TPSA) is 95.6 Å². The van der Waals surface area contributed by atoms with Crippen LogP contribution in [-0.2, 0) is 4.79 Å². The average Bonchev–Trinajstić information content (AvgIpc) is 2.97. The minimum atomic E-state index is -4.94. The van der Waals surface area contributed by atoms with E-state index in [-0.39, 0.29) is 48.1 Å². The lowest BCUT2D eigenvalue weighted by Crippen LogP contribution is -2.40. The van der Waals surface area contributed by atoms with Crippen molar-refractivity contribution in [2.45, 2.75) is 50.7 Å². The lowest BCUT2D eigenvalue weighted by molar-refractivity contribution is -0.173. The summed E-state index contributed by atoms with van der Waals surface area (Å²) in [6.45, 7) is -0.207. The summed E-state index contributed by atoms with van der Waals surface area (Å²) in [5.41, 5.74) is 0.646. The number of imide groups is 1. The van der Waals surface area contributed by atoms with Crippen molar-refractivity contribution in [1.29, 1.82) is 0 Å². The van der Waals surface area contributed by atoms with Crippen LogP contribution in [0.5, 0.6) is 0 Å². The second-order valence-electron chi connectivity index (χ2n) is 7.40. The van der Waals surface area contributed by atoms with Crippen molar-refractivity contribution < 1.29 is 32.3 Å². The molecule has 162 valence electrons. The van der Waals surface area contributed by atoms with E-state index in [0.717, 1.165) is 32.1 Å². The van der Waals surface area contributed by atoms with Gasteiger partial charge in [0.15, 0.2) is 0 Å². The van der Waals surface area contributed by atoms with Crippen molar-refractivity contribution in [1.82, 2.24) is 15.5 Å². The van der Waals surface area contributed by atoms with Gasteiger partial charge in [-0.25, -0.2) is 0 Å². The zero-order valence-corrected chi connectivity index (χ0v) is 16.2. The van der Waals surface area contributed by atoms with Crippen LogP contribution < -0.4 is 10.6 Å². The second-order valence-corrected chi connectivity index (χ2v) is 7.40. The Morgan fingerprint density at radius 3 is 2.27 bits per heavy atom. The van der Waals surface area contributed by atoms with Crippen molar-refractivity contribution in [3.05, 3.63) is 34.9 Å². The van der Waals surface area contributed by atoms with Crippen LogP contribution >= 0.6 is 0 Å². The van der Waals surface area contributed by atoms with Gasteiger partial charge in [-0.15, -0.1) is 0 Å². The van der Waals surface area contributed by atoms with Gasteiger partial charge in [0.05, 0.1) is 11.1 Å². The molecule has 0 aromatic heterocycles. The Morgan fingerprint density at radius 1 is 0.967 bits per heavy atom. The summed E-state index contributed by atoms with van der Waals surface area (Å²) in [6, 6.07) is 4.15. The summed E-state index contributed by atoms with van der Waals surface area (Å²) in [4.78, 5) is 49.7. The molecule has 1 saturated carbocycles. The number of nitrogens with zero attached hydrogens (tertiary/aromatic N) is 1. The minimum absolute atomic E-state index is 0.0368. The fourth-order valence-corrected chi connectivity index (χ4v) is 3.77. The van der Waals surface area contributed by atoms with E-state index in [1.165, 1.54) is 23.1 Å². The van der Waals surface area contributed by atoms with Crippen LogP contribution in [0.25, 0.3) is 0 Å². The molecule has 0 unspecified atom stereocenters. The lowest BCUT2D eigenvalue weighted by Gasteiger charge is -2.29. The van der Waals surface area contributed by atoms with E-state index in [0.29, 0.717) is 0 Å². The Balaban J connectivity index is 1.56. The summed E-state index contributed by atoms with van der Waals surface area (Å²) >= 11 is 0. The maximum atomic E-state index is 12.8. The smallest absolute Gasteiger partial charge is 0.352 e. The molecule has 4 amide bonds. The highest BCUT2D eigenvalue weighted by Gasteiger charge is 2.40. The largest absolute Gasteiger partial charge is 0.471 e. The number of carbonyl (C=O) groups excluding carboxylic acids is 4. The van der Waals surface area contributed by atoms with Crippen LogP contribution in [0.2, 0.25) is 0 Å². The second kappa shape index (κ2) is 8.85. The number of amides is 4. The van der Waals surface area contributed by atoms with E-state index in [4.69, 9.17) is 0 Å². The number of rotatable bonds is 6. The first-order valence-corrected chi connectivity index (χ1v) is 9.85. The number of hydrogen-bond donors (Lipinski definition) is 2. The standard InChI is InChI=1S/C20H22F3N3O4/c21-20(22,23)19(30)25-10-4-9-24-16(27)12-7-8-14-15(11-12)18(29)26(17(14)28)13-5-2-1-3-6-13/h7-8,11,13H,1-6,9-10H2,(H,24,27)(H,25,30). The number of hydrogen-bond acceptors (Lipinski definition) is 4. The van der Waals surface area contributed by atoms with Crippen LogP contribution in [0.3, 0.4) is 0 Å². The van der Waals surface area contributed by atoms with E-state index in [2.05, 4.69) is 5.32 Å². The molecule has 2 aliphatic rings. The van der Waals surface area contributed by atoms with E-state index >= 15 is 0 Å². The third kappa shape index (κ3) is 4.63. The molecule has 2 N–H and O–H groups in total. The number of alkyl halides is 3. The van der Waals surface area contributed by atoms with Crippen LogP contribution in [0, 0.1) is 0 Å². The molecule has 30 heavy (non-hydrogen) atoms. The van der Waals surface area contributed by atoms with E-state index in [1.54, 1.807) is 5.32 Å². The summed E-state index contributed by atoms with van der Waals surface area (Å²) in [6.07, 6.45) is -0.254. The summed E-state index contributed by atoms with van der Waals surface area (Å²) in [5, 5.41) is 4.24. The fourth-order valence-electron chi connectivity index (χ4n) is 3.77. The highest BCUT2D eigenvalue weighted by Crippen LogP contribution is 2.31. The average molecular weight is 425 g/mol. The first-order valence-electron chi connectivity index (χ1n) is 9.85. The van der Waals surface area contributed by atoms with Crippen LogP contribution in [0.15, 0.2) is 18.2 Å². The zero-order chi connectivity index (χ0) is 21.9. The Labute approximate surface area is 171 Å². The Bertz CT molecular complexity index is 863. The zero-order valence-electron chi connectivity index (χ0n) is 16.2. The quantitative estimate of drug-likeness (QED) is 0.541. The summed E-state index contributed by atoms with van der Waals surface area (Å²) in [5.74, 6) is -3.28. The Kier molecular flexibility index (Phi) is 6.42. The molecule has 1 aromatic carbocycles. The fraction of sp³-hybridized carbons (Fsp3) is 0.500. The summed E-state index contributed by atoms with van der Waals surface area (Å²) < 4.78 is 36.3. The molecule has 0 saturated heterocycles. The number of halogens is 3. The summed E-state index contributed by atoms with van der Waals surface area (Å²) in [7, 11) is 0. The minimum Gasteiger partial charge on any atom is -0.352 e. The van der Waals surface area contributed by atoms with Gasteiger partial charge in [-0.05, 0) is 37.5 Å². The maximum Gasteiger partial charge on any atom is 0.471 e. The van der Waals surface area contributed by atoms with Crippen molar-refractivity contribution in [2.24, 2.45) is 0 Å². The molecular weight excluding hydrogens is 403 g/mol. The molecule has 0 spiro atoms. The highest BCUT2D eigenvalue weighted by molar-refractivity contribution is 6.22. The van der Waals surface area contributed by atoms with Crippen molar-refractivity contribution in [3.8, 4) is 0 Å². The molecule has 7 nitrogen and oxygen atoms in total. The van der Waals surface area contributed by atoms with Gasteiger partial charge in [0, 0.05) is 24.7 Å². The molecule has 0 atom stereocenters. The number of nitrogens with one attached hydrogen (secondary N) is 2. The first-order chi connectivity index (χ1) is 14.2.